The minimum Gasteiger partial charge on any atom is -0.358 e. The first-order valence-corrected chi connectivity index (χ1v) is 6.74. The van der Waals surface area contributed by atoms with Gasteiger partial charge in [-0.3, -0.25) is 0 Å². The maximum absolute atomic E-state index is 13.5. The van der Waals surface area contributed by atoms with Crippen LogP contribution in [0.15, 0.2) is 18.2 Å². The monoisotopic (exact) mass is 282 g/mol. The molecule has 2 atom stereocenters. The molecule has 0 radical (unpaired) electrons. The molecule has 5 heteroatoms. The molecular formula is C14H16ClFN2O. The standard InChI is InChI=1S/C14H16ClFN2O/c15-12-6-11(7-13(16)8-12)14(19-5-3-17)10-2-1-4-18-9-10/h6-8,10,14,18H,1-2,4-5,9H2/t10-,14-/m1/s1. The molecule has 0 saturated carbocycles. The summed E-state index contributed by atoms with van der Waals surface area (Å²) in [6.07, 6.45) is 1.76. The van der Waals surface area contributed by atoms with Gasteiger partial charge in [0, 0.05) is 17.5 Å². The number of rotatable bonds is 4. The Morgan fingerprint density at radius 2 is 2.37 bits per heavy atom. The van der Waals surface area contributed by atoms with Gasteiger partial charge in [-0.25, -0.2) is 4.39 Å². The Bertz CT molecular complexity index is 449. The van der Waals surface area contributed by atoms with E-state index in [1.165, 1.54) is 12.1 Å². The summed E-state index contributed by atoms with van der Waals surface area (Å²) in [6, 6.07) is 6.38. The van der Waals surface area contributed by atoms with Gasteiger partial charge >= 0.3 is 0 Å². The predicted octanol–water partition coefficient (Wildman–Crippen LogP) is 3.06. The number of nitrogens with one attached hydrogen (secondary N) is 1. The molecule has 0 amide bonds. The van der Waals surface area contributed by atoms with E-state index in [0.29, 0.717) is 10.6 Å². The van der Waals surface area contributed by atoms with Gasteiger partial charge in [-0.2, -0.15) is 5.26 Å². The molecule has 2 rings (SSSR count). The van der Waals surface area contributed by atoms with Crippen molar-refractivity contribution in [3.8, 4) is 6.07 Å². The van der Waals surface area contributed by atoms with Gasteiger partial charge in [0.25, 0.3) is 0 Å². The first-order valence-electron chi connectivity index (χ1n) is 6.36. The smallest absolute Gasteiger partial charge is 0.134 e. The Hall–Kier alpha value is -1.15. The quantitative estimate of drug-likeness (QED) is 0.923. The second kappa shape index (κ2) is 6.85. The van der Waals surface area contributed by atoms with Crippen LogP contribution in [-0.2, 0) is 4.74 Å². The Balaban J connectivity index is 2.22. The van der Waals surface area contributed by atoms with E-state index in [0.717, 1.165) is 25.9 Å². The van der Waals surface area contributed by atoms with Gasteiger partial charge in [-0.05, 0) is 43.1 Å². The van der Waals surface area contributed by atoms with E-state index in [2.05, 4.69) is 5.32 Å². The predicted molar refractivity (Wildman–Crippen MR) is 71.3 cm³/mol. The van der Waals surface area contributed by atoms with Crippen molar-refractivity contribution in [1.29, 1.82) is 5.26 Å². The maximum Gasteiger partial charge on any atom is 0.134 e. The summed E-state index contributed by atoms with van der Waals surface area (Å²) in [4.78, 5) is 0. The van der Waals surface area contributed by atoms with Crippen molar-refractivity contribution >= 4 is 11.6 Å². The van der Waals surface area contributed by atoms with Crippen molar-refractivity contribution < 1.29 is 9.13 Å². The number of hydrogen-bond donors (Lipinski definition) is 1. The second-order valence-corrected chi connectivity index (χ2v) is 5.14. The molecule has 1 aromatic carbocycles. The molecule has 1 aliphatic rings. The van der Waals surface area contributed by atoms with Crippen LogP contribution >= 0.6 is 11.6 Å². The van der Waals surface area contributed by atoms with Crippen LogP contribution in [0.1, 0.15) is 24.5 Å². The van der Waals surface area contributed by atoms with Crippen molar-refractivity contribution in [1.82, 2.24) is 5.32 Å². The molecule has 1 aliphatic heterocycles. The summed E-state index contributed by atoms with van der Waals surface area (Å²) in [5.74, 6) is -0.142. The molecule has 1 aromatic rings. The minimum atomic E-state index is -0.378. The molecule has 19 heavy (non-hydrogen) atoms. The molecule has 0 aromatic heterocycles. The van der Waals surface area contributed by atoms with E-state index in [-0.39, 0.29) is 24.4 Å². The highest BCUT2D eigenvalue weighted by Gasteiger charge is 2.26. The third-order valence-electron chi connectivity index (χ3n) is 3.30. The first kappa shape index (κ1) is 14.3. The molecule has 0 spiro atoms. The second-order valence-electron chi connectivity index (χ2n) is 4.70. The van der Waals surface area contributed by atoms with Gasteiger partial charge < -0.3 is 10.1 Å². The molecule has 0 aliphatic carbocycles. The van der Waals surface area contributed by atoms with E-state index in [1.807, 2.05) is 6.07 Å². The number of piperidine rings is 1. The van der Waals surface area contributed by atoms with E-state index in [1.54, 1.807) is 6.07 Å². The highest BCUT2D eigenvalue weighted by molar-refractivity contribution is 6.30. The van der Waals surface area contributed by atoms with E-state index in [9.17, 15) is 4.39 Å². The molecule has 1 N–H and O–H groups in total. The van der Waals surface area contributed by atoms with Crippen LogP contribution in [0.3, 0.4) is 0 Å². The fourth-order valence-electron chi connectivity index (χ4n) is 2.51. The summed E-state index contributed by atoms with van der Waals surface area (Å²) in [5.41, 5.74) is 0.703. The summed E-state index contributed by atoms with van der Waals surface area (Å²) in [6.45, 7) is 1.80. The zero-order valence-corrected chi connectivity index (χ0v) is 11.3. The SMILES string of the molecule is N#CCO[C@@H](c1cc(F)cc(Cl)c1)[C@@H]1CCCNC1. The Morgan fingerprint density at radius 3 is 3.00 bits per heavy atom. The van der Waals surface area contributed by atoms with Crippen molar-refractivity contribution in [2.24, 2.45) is 5.92 Å². The van der Waals surface area contributed by atoms with Gasteiger partial charge in [0.15, 0.2) is 0 Å². The molecule has 102 valence electrons. The molecule has 1 fully saturated rings. The Morgan fingerprint density at radius 1 is 1.53 bits per heavy atom. The van der Waals surface area contributed by atoms with Crippen LogP contribution in [0.5, 0.6) is 0 Å². The van der Waals surface area contributed by atoms with Crippen LogP contribution in [-0.4, -0.2) is 19.7 Å². The Kier molecular flexibility index (Phi) is 5.15. The largest absolute Gasteiger partial charge is 0.358 e. The number of halogens is 2. The lowest BCUT2D eigenvalue weighted by atomic mass is 9.89. The van der Waals surface area contributed by atoms with E-state index < -0.39 is 0 Å². The van der Waals surface area contributed by atoms with Gasteiger partial charge in [0.05, 0.1) is 12.2 Å². The molecular weight excluding hydrogens is 267 g/mol. The Labute approximate surface area is 117 Å². The normalized spacial score (nSPS) is 20.8. The molecule has 0 bridgehead atoms. The van der Waals surface area contributed by atoms with Crippen LogP contribution in [0.2, 0.25) is 5.02 Å². The number of nitriles is 1. The lowest BCUT2D eigenvalue weighted by Crippen LogP contribution is -2.34. The maximum atomic E-state index is 13.5. The first-order chi connectivity index (χ1) is 9.20. The van der Waals surface area contributed by atoms with E-state index >= 15 is 0 Å². The van der Waals surface area contributed by atoms with Crippen LogP contribution in [0, 0.1) is 23.1 Å². The summed E-state index contributed by atoms with van der Waals surface area (Å²) in [5, 5.41) is 12.3. The van der Waals surface area contributed by atoms with Gasteiger partial charge in [0.1, 0.15) is 12.4 Å². The lowest BCUT2D eigenvalue weighted by molar-refractivity contribution is 0.0210. The fourth-order valence-corrected chi connectivity index (χ4v) is 2.74. The van der Waals surface area contributed by atoms with Gasteiger partial charge in [-0.1, -0.05) is 11.6 Å². The highest BCUT2D eigenvalue weighted by atomic mass is 35.5. The van der Waals surface area contributed by atoms with Crippen molar-refractivity contribution in [3.63, 3.8) is 0 Å². The highest BCUT2D eigenvalue weighted by Crippen LogP contribution is 2.32. The summed E-state index contributed by atoms with van der Waals surface area (Å²) < 4.78 is 19.1. The summed E-state index contributed by atoms with van der Waals surface area (Å²) in [7, 11) is 0. The average molecular weight is 283 g/mol. The van der Waals surface area contributed by atoms with Crippen molar-refractivity contribution in [2.75, 3.05) is 19.7 Å². The zero-order chi connectivity index (χ0) is 13.7. The lowest BCUT2D eigenvalue weighted by Gasteiger charge is -2.30. The number of nitrogens with zero attached hydrogens (tertiary/aromatic N) is 1. The minimum absolute atomic E-state index is 0.00466. The topological polar surface area (TPSA) is 45.0 Å². The molecule has 0 unspecified atom stereocenters. The number of ether oxygens (including phenoxy) is 1. The molecule has 1 heterocycles. The molecule has 3 nitrogen and oxygen atoms in total. The zero-order valence-electron chi connectivity index (χ0n) is 10.5. The van der Waals surface area contributed by atoms with E-state index in [4.69, 9.17) is 21.6 Å². The third-order valence-corrected chi connectivity index (χ3v) is 3.52. The number of hydrogen-bond acceptors (Lipinski definition) is 3. The van der Waals surface area contributed by atoms with Gasteiger partial charge in [0.2, 0.25) is 0 Å². The van der Waals surface area contributed by atoms with Crippen molar-refractivity contribution in [3.05, 3.63) is 34.6 Å². The fraction of sp³-hybridized carbons (Fsp3) is 0.500. The third kappa shape index (κ3) is 3.90. The van der Waals surface area contributed by atoms with Gasteiger partial charge in [-0.15, -0.1) is 0 Å². The van der Waals surface area contributed by atoms with Crippen LogP contribution in [0.25, 0.3) is 0 Å². The number of benzene rings is 1. The van der Waals surface area contributed by atoms with Crippen LogP contribution < -0.4 is 5.32 Å². The van der Waals surface area contributed by atoms with Crippen LogP contribution in [0.4, 0.5) is 4.39 Å². The molecule has 1 saturated heterocycles. The summed E-state index contributed by atoms with van der Waals surface area (Å²) >= 11 is 5.89. The average Bonchev–Trinajstić information content (AvgIpc) is 2.39. The van der Waals surface area contributed by atoms with Crippen molar-refractivity contribution in [2.45, 2.75) is 18.9 Å².